The molecule has 63 heavy (non-hydrogen) atoms. The van der Waals surface area contributed by atoms with Gasteiger partial charge >= 0.3 is 0 Å². The first kappa shape index (κ1) is 43.5. The number of nitrogens with one attached hydrogen (secondary N) is 2. The molecule has 4 bridgehead atoms. The number of amides is 2. The van der Waals surface area contributed by atoms with Gasteiger partial charge in [0.2, 0.25) is 24.2 Å². The zero-order chi connectivity index (χ0) is 43.7. The predicted molar refractivity (Wildman–Crippen MR) is 226 cm³/mol. The van der Waals surface area contributed by atoms with Crippen LogP contribution in [0, 0.1) is 47.3 Å². The average Bonchev–Trinajstić information content (AvgIpc) is 3.65. The summed E-state index contributed by atoms with van der Waals surface area (Å²) in [6, 6.07) is 14.5. The van der Waals surface area contributed by atoms with Gasteiger partial charge in [-0.05, 0) is 132 Å². The van der Waals surface area contributed by atoms with Gasteiger partial charge < -0.3 is 39.1 Å². The Kier molecular flexibility index (Phi) is 11.6. The van der Waals surface area contributed by atoms with Crippen molar-refractivity contribution in [1.82, 2.24) is 10.6 Å². The molecule has 2 aliphatic carbocycles. The van der Waals surface area contributed by atoms with Gasteiger partial charge in [0.25, 0.3) is 11.8 Å². The zero-order valence-corrected chi connectivity index (χ0v) is 37.6. The maximum atomic E-state index is 13.2. The molecule has 2 aromatic carbocycles. The molecule has 8 heterocycles. The average molecular weight is 875 g/mol. The van der Waals surface area contributed by atoms with Crippen LogP contribution in [0.3, 0.4) is 0 Å². The number of hydrogen-bond acceptors (Lipinski definition) is 12. The Hall–Kier alpha value is -3.34. The fraction of sp³-hybridized carbons (Fsp3) is 0.714. The molecule has 10 fully saturated rings. The van der Waals surface area contributed by atoms with E-state index in [2.05, 4.69) is 38.3 Å². The van der Waals surface area contributed by atoms with Crippen LogP contribution >= 0.6 is 0 Å². The monoisotopic (exact) mass is 874 g/mol. The molecule has 3 unspecified atom stereocenters. The highest BCUT2D eigenvalue weighted by atomic mass is 17.3. The Morgan fingerprint density at radius 1 is 0.587 bits per heavy atom. The van der Waals surface area contributed by atoms with Gasteiger partial charge in [-0.3, -0.25) is 9.59 Å². The van der Waals surface area contributed by atoms with E-state index in [1.807, 2.05) is 38.1 Å². The van der Waals surface area contributed by atoms with E-state index in [-0.39, 0.29) is 47.3 Å². The number of rotatable bonds is 12. The van der Waals surface area contributed by atoms with Gasteiger partial charge in [0, 0.05) is 60.7 Å². The van der Waals surface area contributed by atoms with Crippen LogP contribution in [0.15, 0.2) is 48.5 Å². The van der Waals surface area contributed by atoms with Gasteiger partial charge in [0.1, 0.15) is 11.5 Å². The molecule has 14 heteroatoms. The van der Waals surface area contributed by atoms with Gasteiger partial charge in [-0.25, -0.2) is 19.6 Å². The molecule has 10 aliphatic rings. The summed E-state index contributed by atoms with van der Waals surface area (Å²) in [5.41, 5.74) is -0.294. The fourth-order valence-electron chi connectivity index (χ4n) is 12.7. The fourth-order valence-corrected chi connectivity index (χ4v) is 12.7. The summed E-state index contributed by atoms with van der Waals surface area (Å²) in [6.07, 6.45) is 7.63. The normalized spacial score (nSPS) is 43.4. The third-order valence-electron chi connectivity index (χ3n) is 16.3. The van der Waals surface area contributed by atoms with E-state index in [0.717, 1.165) is 70.6 Å². The Labute approximate surface area is 370 Å². The first-order chi connectivity index (χ1) is 30.3. The van der Waals surface area contributed by atoms with Gasteiger partial charge in [0.15, 0.2) is 23.8 Å². The molecule has 0 radical (unpaired) electrons. The number of ether oxygens (including phenoxy) is 6. The second kappa shape index (κ2) is 16.8. The minimum absolute atomic E-state index is 0.0124. The second-order valence-electron chi connectivity index (χ2n) is 20.4. The van der Waals surface area contributed by atoms with Crippen molar-refractivity contribution in [1.29, 1.82) is 0 Å². The molecule has 16 atom stereocenters. The summed E-state index contributed by atoms with van der Waals surface area (Å²) in [5.74, 6) is 0.882. The Bertz CT molecular complexity index is 1880. The number of benzene rings is 2. The van der Waals surface area contributed by atoms with Crippen molar-refractivity contribution < 1.29 is 57.6 Å². The molecule has 2 saturated carbocycles. The summed E-state index contributed by atoms with van der Waals surface area (Å²) >= 11 is 0. The molecule has 0 aromatic heterocycles. The summed E-state index contributed by atoms with van der Waals surface area (Å²) in [5, 5.41) is 6.08. The van der Waals surface area contributed by atoms with Crippen LogP contribution in [-0.4, -0.2) is 72.8 Å². The molecule has 12 rings (SSSR count). The smallest absolute Gasteiger partial charge is 0.251 e. The summed E-state index contributed by atoms with van der Waals surface area (Å²) in [7, 11) is 0. The molecule has 2 N–H and O–H groups in total. The van der Waals surface area contributed by atoms with Crippen molar-refractivity contribution in [2.24, 2.45) is 47.3 Å². The summed E-state index contributed by atoms with van der Waals surface area (Å²) < 4.78 is 39.1. The number of unbranched alkanes of at least 4 members (excludes halogenated alkanes) is 2. The lowest BCUT2D eigenvalue weighted by molar-refractivity contribution is -0.575. The summed E-state index contributed by atoms with van der Waals surface area (Å²) in [6.45, 7) is 13.8. The first-order valence-electron chi connectivity index (χ1n) is 23.8. The van der Waals surface area contributed by atoms with Gasteiger partial charge in [-0.15, -0.1) is 0 Å². The van der Waals surface area contributed by atoms with Crippen LogP contribution in [0.5, 0.6) is 11.5 Å². The van der Waals surface area contributed by atoms with Crippen LogP contribution < -0.4 is 20.1 Å². The van der Waals surface area contributed by atoms with Gasteiger partial charge in [-0.1, -0.05) is 39.8 Å². The topological polar surface area (TPSA) is 150 Å². The molecule has 2 aromatic rings. The highest BCUT2D eigenvalue weighted by Crippen LogP contribution is 2.62. The maximum absolute atomic E-state index is 13.2. The van der Waals surface area contributed by atoms with Crippen LogP contribution in [0.1, 0.15) is 133 Å². The van der Waals surface area contributed by atoms with Gasteiger partial charge in [-0.2, -0.15) is 0 Å². The second-order valence-corrected chi connectivity index (χ2v) is 20.4. The van der Waals surface area contributed by atoms with Crippen LogP contribution in [-0.2, 0) is 38.5 Å². The number of carbonyl (C=O) groups is 2. The minimum atomic E-state index is -0.859. The van der Waals surface area contributed by atoms with Crippen molar-refractivity contribution in [2.45, 2.75) is 160 Å². The molecule has 8 aliphatic heterocycles. The standard InChI is InChI=1S/C49H66N2O12/c1-28-16-18-38-30(3)42(56-44-48(38)36(28)20-22-46(5,58-44)60-62-48)54-34-14-10-12-32(26-34)40(52)50-24-8-7-9-25-51-41(53)33-13-11-15-35(27-33)55-43-31(4)39-19-17-29(2)37-21-23-47(6)59-45(57-43)49(37,39)63-61-47/h10-15,26-31,36-39,42-45H,7-9,16-25H2,1-6H3,(H,50,52)(H,51,53)/t28-,29-,30-,31+,36?,37+,38?,39-,42+,43+,44?,45+,46+,47-,48-,49-/m1/s1. The van der Waals surface area contributed by atoms with E-state index < -0.39 is 47.9 Å². The van der Waals surface area contributed by atoms with Crippen molar-refractivity contribution in [2.75, 3.05) is 13.1 Å². The molecule has 2 amide bonds. The molecule has 344 valence electrons. The van der Waals surface area contributed by atoms with Crippen LogP contribution in [0.4, 0.5) is 0 Å². The van der Waals surface area contributed by atoms with E-state index in [9.17, 15) is 9.59 Å². The number of fused-ring (bicyclic) bond motifs is 4. The van der Waals surface area contributed by atoms with E-state index >= 15 is 0 Å². The summed E-state index contributed by atoms with van der Waals surface area (Å²) in [4.78, 5) is 50.9. The third-order valence-corrected chi connectivity index (χ3v) is 16.3. The maximum Gasteiger partial charge on any atom is 0.251 e. The SMILES string of the molecule is C[C@@H]1[C@@H](Oc2cccc(C(=O)NCCCCCNC(=O)c3cccc(O[C@H]4OC5O[C@]6(C)CCC7[C@H](C)CCC([C@H]4C)[C@@]57OO6)c3)c2)O[C@H]2O[C@@]3(C)CC[C@H]4[C@H](C)CC[C@H]1[C@@]24OO3. The Morgan fingerprint density at radius 2 is 1.03 bits per heavy atom. The zero-order valence-electron chi connectivity index (χ0n) is 37.6. The molecule has 2 spiro atoms. The lowest BCUT2D eigenvalue weighted by atomic mass is 9.58. The van der Waals surface area contributed by atoms with Crippen LogP contribution in [0.25, 0.3) is 0 Å². The number of hydrogen-bond donors (Lipinski definition) is 2. The van der Waals surface area contributed by atoms with E-state index in [1.54, 1.807) is 24.3 Å². The quantitative estimate of drug-likeness (QED) is 0.156. The van der Waals surface area contributed by atoms with Crippen molar-refractivity contribution in [3.05, 3.63) is 59.7 Å². The van der Waals surface area contributed by atoms with Crippen LogP contribution in [0.2, 0.25) is 0 Å². The van der Waals surface area contributed by atoms with Crippen molar-refractivity contribution in [3.63, 3.8) is 0 Å². The van der Waals surface area contributed by atoms with E-state index in [4.69, 9.17) is 48.0 Å². The number of carbonyl (C=O) groups excluding carboxylic acids is 2. The minimum Gasteiger partial charge on any atom is -0.465 e. The highest BCUT2D eigenvalue weighted by molar-refractivity contribution is 5.95. The first-order valence-corrected chi connectivity index (χ1v) is 23.8. The highest BCUT2D eigenvalue weighted by Gasteiger charge is 2.71. The largest absolute Gasteiger partial charge is 0.465 e. The lowest BCUT2D eigenvalue weighted by Gasteiger charge is -2.60. The Balaban J connectivity index is 0.672. The van der Waals surface area contributed by atoms with E-state index in [0.29, 0.717) is 47.6 Å². The molecule has 8 saturated heterocycles. The predicted octanol–water partition coefficient (Wildman–Crippen LogP) is 8.19. The van der Waals surface area contributed by atoms with E-state index in [1.165, 1.54) is 0 Å². The molecular weight excluding hydrogens is 809 g/mol. The molecule has 14 nitrogen and oxygen atoms in total. The Morgan fingerprint density at radius 3 is 1.48 bits per heavy atom. The van der Waals surface area contributed by atoms with Gasteiger partial charge in [0.05, 0.1) is 0 Å². The van der Waals surface area contributed by atoms with Crippen molar-refractivity contribution >= 4 is 11.8 Å². The third kappa shape index (κ3) is 7.67. The van der Waals surface area contributed by atoms with Crippen molar-refractivity contribution in [3.8, 4) is 11.5 Å². The molecular formula is C49H66N2O12. The lowest BCUT2D eigenvalue weighted by Crippen LogP contribution is -2.70.